The lowest BCUT2D eigenvalue weighted by molar-refractivity contribution is -0.386. The highest BCUT2D eigenvalue weighted by Gasteiger charge is 2.11. The minimum absolute atomic E-state index is 0.174. The molecule has 0 amide bonds. The summed E-state index contributed by atoms with van der Waals surface area (Å²) in [6.07, 6.45) is 0. The molecule has 1 aromatic heterocycles. The fourth-order valence-electron chi connectivity index (χ4n) is 1.72. The van der Waals surface area contributed by atoms with Crippen molar-refractivity contribution < 1.29 is 14.2 Å². The maximum absolute atomic E-state index is 12.2. The lowest BCUT2D eigenvalue weighted by Crippen LogP contribution is -2.47. The van der Waals surface area contributed by atoms with Gasteiger partial charge in [-0.15, -0.1) is 0 Å². The van der Waals surface area contributed by atoms with Crippen LogP contribution in [0.3, 0.4) is 0 Å². The third-order valence-corrected chi connectivity index (χ3v) is 3.95. The second-order valence-electron chi connectivity index (χ2n) is 4.23. The molecule has 2 rings (SSSR count). The van der Waals surface area contributed by atoms with Crippen molar-refractivity contribution in [3.8, 4) is 0 Å². The van der Waals surface area contributed by atoms with Gasteiger partial charge in [0.15, 0.2) is 0 Å². The molecule has 6 nitrogen and oxygen atoms in total. The highest BCUT2D eigenvalue weighted by atomic mass is 32.2. The highest BCUT2D eigenvalue weighted by Crippen LogP contribution is 2.27. The van der Waals surface area contributed by atoms with Gasteiger partial charge in [-0.3, -0.25) is 5.10 Å². The van der Waals surface area contributed by atoms with Crippen LogP contribution in [0.15, 0.2) is 35.2 Å². The van der Waals surface area contributed by atoms with Crippen LogP contribution < -0.4 is 5.73 Å². The zero-order chi connectivity index (χ0) is 14.0. The van der Waals surface area contributed by atoms with Crippen molar-refractivity contribution in [2.24, 2.45) is 7.05 Å². The summed E-state index contributed by atoms with van der Waals surface area (Å²) in [5.74, 6) is 0.317. The molecule has 0 atom stereocenters. The van der Waals surface area contributed by atoms with Crippen LogP contribution in [-0.4, -0.2) is 18.2 Å². The third-order valence-electron chi connectivity index (χ3n) is 2.68. The first-order chi connectivity index (χ1) is 8.92. The van der Waals surface area contributed by atoms with Crippen LogP contribution in [0.2, 0.25) is 0 Å². The molecule has 19 heavy (non-hydrogen) atoms. The first kappa shape index (κ1) is 13.6. The van der Waals surface area contributed by atoms with Gasteiger partial charge in [-0.25, -0.2) is 8.42 Å². The predicted molar refractivity (Wildman–Crippen MR) is 71.2 cm³/mol. The standard InChI is InChI=1S/C12H15N4O2S/c1-9-6-12(16(2)14-9)15-19(17,18)11-5-3-4-10(7-11)8-13/h3-7H,8,13H2,1-2H3/q-1/p+1. The summed E-state index contributed by atoms with van der Waals surface area (Å²) in [4.78, 5) is 0.174. The lowest BCUT2D eigenvalue weighted by atomic mass is 10.2. The Morgan fingerprint density at radius 1 is 1.37 bits per heavy atom. The number of rotatable bonds is 4. The van der Waals surface area contributed by atoms with Gasteiger partial charge in [0.1, 0.15) is 0 Å². The Balaban J connectivity index is 2.34. The lowest BCUT2D eigenvalue weighted by Gasteiger charge is -2.16. The second kappa shape index (κ2) is 5.02. The number of nitrogens with zero attached hydrogens (tertiary/aromatic N) is 3. The summed E-state index contributed by atoms with van der Waals surface area (Å²) < 4.78 is 29.7. The molecule has 102 valence electrons. The van der Waals surface area contributed by atoms with E-state index < -0.39 is 10.0 Å². The smallest absolute Gasteiger partial charge is 0.202 e. The van der Waals surface area contributed by atoms with Crippen LogP contribution in [0.25, 0.3) is 4.72 Å². The Hall–Kier alpha value is -1.86. The minimum atomic E-state index is -3.72. The molecule has 2 aromatic rings. The molecule has 0 unspecified atom stereocenters. The highest BCUT2D eigenvalue weighted by molar-refractivity contribution is 7.94. The molecule has 0 aliphatic carbocycles. The van der Waals surface area contributed by atoms with Crippen LogP contribution in [0, 0.1) is 6.92 Å². The first-order valence-electron chi connectivity index (χ1n) is 5.79. The van der Waals surface area contributed by atoms with Crippen molar-refractivity contribution in [2.45, 2.75) is 18.4 Å². The van der Waals surface area contributed by atoms with Gasteiger partial charge in [0.25, 0.3) is 0 Å². The molecule has 0 saturated carbocycles. The van der Waals surface area contributed by atoms with Crippen LogP contribution in [0.5, 0.6) is 0 Å². The van der Waals surface area contributed by atoms with Crippen LogP contribution >= 0.6 is 0 Å². The van der Waals surface area contributed by atoms with E-state index in [2.05, 4.69) is 15.6 Å². The van der Waals surface area contributed by atoms with E-state index in [0.29, 0.717) is 12.4 Å². The zero-order valence-corrected chi connectivity index (χ0v) is 11.7. The van der Waals surface area contributed by atoms with Gasteiger partial charge in [0.2, 0.25) is 10.0 Å². The van der Waals surface area contributed by atoms with Gasteiger partial charge >= 0.3 is 0 Å². The predicted octanol–water partition coefficient (Wildman–Crippen LogP) is 0.865. The van der Waals surface area contributed by atoms with E-state index in [1.165, 1.54) is 10.7 Å². The molecule has 0 spiro atoms. The summed E-state index contributed by atoms with van der Waals surface area (Å²) >= 11 is 0. The van der Waals surface area contributed by atoms with Crippen molar-refractivity contribution in [1.82, 2.24) is 9.78 Å². The van der Waals surface area contributed by atoms with Crippen LogP contribution in [0.1, 0.15) is 11.3 Å². The van der Waals surface area contributed by atoms with Crippen LogP contribution in [-0.2, 0) is 23.6 Å². The molecule has 3 N–H and O–H groups in total. The average Bonchev–Trinajstić information content (AvgIpc) is 2.67. The van der Waals surface area contributed by atoms with Gasteiger partial charge in [-0.1, -0.05) is 12.1 Å². The number of hydrogen-bond acceptors (Lipinski definition) is 3. The Bertz CT molecular complexity index is 692. The van der Waals surface area contributed by atoms with Crippen LogP contribution in [0.4, 0.5) is 5.82 Å². The molecule has 0 aliphatic rings. The Labute approximate surface area is 112 Å². The van der Waals surface area contributed by atoms with E-state index in [1.807, 2.05) is 6.07 Å². The zero-order valence-electron chi connectivity index (χ0n) is 10.9. The molecule has 0 aliphatic heterocycles. The number of hydrogen-bond donors (Lipinski definition) is 1. The quantitative estimate of drug-likeness (QED) is 0.900. The van der Waals surface area contributed by atoms with Crippen molar-refractivity contribution >= 4 is 15.8 Å². The molecule has 1 heterocycles. The van der Waals surface area contributed by atoms with Gasteiger partial charge in [0, 0.05) is 11.3 Å². The third kappa shape index (κ3) is 2.94. The van der Waals surface area contributed by atoms with E-state index in [1.54, 1.807) is 32.2 Å². The summed E-state index contributed by atoms with van der Waals surface area (Å²) in [5.41, 5.74) is 5.32. The SMILES string of the molecule is Cc1cc([N-]S(=O)(=O)c2cccc(C[NH3+])c2)n(C)n1. The molecule has 1 aromatic carbocycles. The van der Waals surface area contributed by atoms with Gasteiger partial charge in [0.05, 0.1) is 11.4 Å². The second-order valence-corrected chi connectivity index (χ2v) is 5.84. The van der Waals surface area contributed by atoms with Gasteiger partial charge < -0.3 is 15.1 Å². The molecule has 0 bridgehead atoms. The van der Waals surface area contributed by atoms with E-state index in [4.69, 9.17) is 0 Å². The van der Waals surface area contributed by atoms with E-state index in [9.17, 15) is 8.42 Å². The monoisotopic (exact) mass is 280 g/mol. The maximum atomic E-state index is 12.2. The number of aryl methyl sites for hydroxylation is 2. The number of benzene rings is 1. The van der Waals surface area contributed by atoms with E-state index in [-0.39, 0.29) is 4.90 Å². The summed E-state index contributed by atoms with van der Waals surface area (Å²) in [7, 11) is -2.06. The fraction of sp³-hybridized carbons (Fsp3) is 0.250. The normalized spacial score (nSPS) is 11.5. The molecule has 7 heteroatoms. The van der Waals surface area contributed by atoms with Crippen molar-refractivity contribution in [3.63, 3.8) is 0 Å². The molecular formula is C12H16N4O2S. The number of sulfonamides is 1. The largest absolute Gasteiger partial charge is 0.380 e. The average molecular weight is 280 g/mol. The van der Waals surface area contributed by atoms with E-state index in [0.717, 1.165) is 11.3 Å². The fourth-order valence-corrected chi connectivity index (χ4v) is 2.79. The first-order valence-corrected chi connectivity index (χ1v) is 7.23. The summed E-state index contributed by atoms with van der Waals surface area (Å²) in [6.45, 7) is 2.32. The van der Waals surface area contributed by atoms with Crippen molar-refractivity contribution in [3.05, 3.63) is 46.3 Å². The summed E-state index contributed by atoms with van der Waals surface area (Å²) in [6, 6.07) is 8.27. The topological polar surface area (TPSA) is 93.7 Å². The Morgan fingerprint density at radius 2 is 2.11 bits per heavy atom. The van der Waals surface area contributed by atoms with E-state index >= 15 is 0 Å². The van der Waals surface area contributed by atoms with Crippen molar-refractivity contribution in [2.75, 3.05) is 0 Å². The number of quaternary nitrogens is 1. The maximum Gasteiger partial charge on any atom is 0.202 e. The Morgan fingerprint density at radius 3 is 2.68 bits per heavy atom. The minimum Gasteiger partial charge on any atom is -0.380 e. The molecular weight excluding hydrogens is 264 g/mol. The molecule has 0 radical (unpaired) electrons. The van der Waals surface area contributed by atoms with Gasteiger partial charge in [-0.2, -0.15) is 0 Å². The summed E-state index contributed by atoms with van der Waals surface area (Å²) in [5, 5.41) is 4.07. The molecule has 0 saturated heterocycles. The van der Waals surface area contributed by atoms with Gasteiger partial charge in [-0.05, 0) is 38.0 Å². The Kier molecular flexibility index (Phi) is 3.59. The number of aromatic nitrogens is 2. The molecule has 0 fully saturated rings. The van der Waals surface area contributed by atoms with Crippen molar-refractivity contribution in [1.29, 1.82) is 0 Å².